The molecule has 0 amide bonds. The van der Waals surface area contributed by atoms with Crippen molar-refractivity contribution >= 4 is 28.1 Å². The van der Waals surface area contributed by atoms with Gasteiger partial charge >= 0.3 is 5.97 Å². The molecule has 0 aliphatic heterocycles. The number of fused-ring (bicyclic) bond motifs is 1. The predicted octanol–water partition coefficient (Wildman–Crippen LogP) is 3.20. The van der Waals surface area contributed by atoms with Gasteiger partial charge in [-0.1, -0.05) is 24.3 Å². The maximum Gasteiger partial charge on any atom is 0.347 e. The zero-order valence-electron chi connectivity index (χ0n) is 11.2. The van der Waals surface area contributed by atoms with Crippen molar-refractivity contribution in [3.05, 3.63) is 47.1 Å². The van der Waals surface area contributed by atoms with Gasteiger partial charge in [-0.2, -0.15) is 0 Å². The van der Waals surface area contributed by atoms with Crippen LogP contribution < -0.4 is 0 Å². The van der Waals surface area contributed by atoms with E-state index in [4.69, 9.17) is 4.74 Å². The summed E-state index contributed by atoms with van der Waals surface area (Å²) in [5.41, 5.74) is 1.13. The minimum Gasteiger partial charge on any atom is -0.477 e. The molecule has 0 aliphatic rings. The molecule has 106 valence electrons. The lowest BCUT2D eigenvalue weighted by atomic mass is 10.1. The van der Waals surface area contributed by atoms with Gasteiger partial charge in [-0.15, -0.1) is 11.3 Å². The lowest BCUT2D eigenvalue weighted by molar-refractivity contribution is 0.0697. The zero-order chi connectivity index (χ0) is 14.8. The Bertz CT molecular complexity index is 808. The largest absolute Gasteiger partial charge is 0.477 e. The van der Waals surface area contributed by atoms with E-state index in [-0.39, 0.29) is 11.5 Å². The standard InChI is InChI=1S/C15H12N2O3S/c1-20-8-11-13(15(18)19)21-14(17-11)12-10-5-3-2-4-9(10)6-7-16-12/h2-7H,8H2,1H3,(H,18,19). The zero-order valence-corrected chi connectivity index (χ0v) is 12.1. The summed E-state index contributed by atoms with van der Waals surface area (Å²) in [5.74, 6) is -0.994. The topological polar surface area (TPSA) is 72.3 Å². The molecule has 21 heavy (non-hydrogen) atoms. The molecule has 2 aromatic heterocycles. The van der Waals surface area contributed by atoms with Crippen LogP contribution in [0.1, 0.15) is 15.4 Å². The predicted molar refractivity (Wildman–Crippen MR) is 80.5 cm³/mol. The van der Waals surface area contributed by atoms with E-state index < -0.39 is 5.97 Å². The second-order valence-electron chi connectivity index (χ2n) is 4.41. The highest BCUT2D eigenvalue weighted by molar-refractivity contribution is 7.17. The molecular formula is C15H12N2O3S. The van der Waals surface area contributed by atoms with Crippen LogP contribution in [0, 0.1) is 0 Å². The third-order valence-electron chi connectivity index (χ3n) is 3.05. The van der Waals surface area contributed by atoms with Crippen LogP contribution in [0.3, 0.4) is 0 Å². The van der Waals surface area contributed by atoms with Crippen molar-refractivity contribution in [1.82, 2.24) is 9.97 Å². The highest BCUT2D eigenvalue weighted by Crippen LogP contribution is 2.31. The summed E-state index contributed by atoms with van der Waals surface area (Å²) in [6.07, 6.45) is 1.70. The molecule has 6 heteroatoms. The number of rotatable bonds is 4. The van der Waals surface area contributed by atoms with Crippen LogP contribution in [0.4, 0.5) is 0 Å². The van der Waals surface area contributed by atoms with Crippen molar-refractivity contribution in [3.8, 4) is 10.7 Å². The van der Waals surface area contributed by atoms with Crippen molar-refractivity contribution in [1.29, 1.82) is 0 Å². The van der Waals surface area contributed by atoms with Gasteiger partial charge in [0.15, 0.2) is 0 Å². The summed E-state index contributed by atoms with van der Waals surface area (Å²) in [5, 5.41) is 11.9. The smallest absolute Gasteiger partial charge is 0.347 e. The van der Waals surface area contributed by atoms with Crippen LogP contribution in [0.5, 0.6) is 0 Å². The first-order valence-corrected chi connectivity index (χ1v) is 7.08. The number of hydrogen-bond acceptors (Lipinski definition) is 5. The first kappa shape index (κ1) is 13.7. The van der Waals surface area contributed by atoms with Crippen molar-refractivity contribution in [2.45, 2.75) is 6.61 Å². The summed E-state index contributed by atoms with van der Waals surface area (Å²) in [4.78, 5) is 20.3. The van der Waals surface area contributed by atoms with Gasteiger partial charge in [0.25, 0.3) is 0 Å². The molecule has 1 aromatic carbocycles. The van der Waals surface area contributed by atoms with E-state index in [1.165, 1.54) is 7.11 Å². The Morgan fingerprint density at radius 3 is 2.90 bits per heavy atom. The Kier molecular flexibility index (Phi) is 3.64. The minimum atomic E-state index is -0.994. The third kappa shape index (κ3) is 2.51. The quantitative estimate of drug-likeness (QED) is 0.801. The highest BCUT2D eigenvalue weighted by Gasteiger charge is 2.19. The molecule has 0 bridgehead atoms. The van der Waals surface area contributed by atoms with Crippen molar-refractivity contribution in [3.63, 3.8) is 0 Å². The molecule has 3 aromatic rings. The van der Waals surface area contributed by atoms with E-state index in [9.17, 15) is 9.90 Å². The Morgan fingerprint density at radius 1 is 1.33 bits per heavy atom. The van der Waals surface area contributed by atoms with Gasteiger partial charge in [0.2, 0.25) is 0 Å². The summed E-state index contributed by atoms with van der Waals surface area (Å²) in [6, 6.07) is 9.74. The number of carboxylic acid groups (broad SMARTS) is 1. The van der Waals surface area contributed by atoms with Gasteiger partial charge in [0, 0.05) is 18.7 Å². The molecule has 2 heterocycles. The molecule has 5 nitrogen and oxygen atoms in total. The summed E-state index contributed by atoms with van der Waals surface area (Å²) in [6.45, 7) is 0.170. The average Bonchev–Trinajstić information content (AvgIpc) is 2.91. The van der Waals surface area contributed by atoms with E-state index in [1.807, 2.05) is 30.3 Å². The number of hydrogen-bond donors (Lipinski definition) is 1. The monoisotopic (exact) mass is 300 g/mol. The Hall–Kier alpha value is -2.31. The van der Waals surface area contributed by atoms with Crippen molar-refractivity contribution in [2.24, 2.45) is 0 Å². The molecule has 0 aliphatic carbocycles. The van der Waals surface area contributed by atoms with Gasteiger partial charge in [0.1, 0.15) is 15.6 Å². The van der Waals surface area contributed by atoms with Gasteiger partial charge in [-0.25, -0.2) is 9.78 Å². The fourth-order valence-electron chi connectivity index (χ4n) is 2.14. The number of methoxy groups -OCH3 is 1. The van der Waals surface area contributed by atoms with E-state index in [2.05, 4.69) is 9.97 Å². The van der Waals surface area contributed by atoms with Gasteiger partial charge in [0.05, 0.1) is 12.3 Å². The number of aromatic nitrogens is 2. The summed E-state index contributed by atoms with van der Waals surface area (Å²) < 4.78 is 5.02. The molecule has 0 atom stereocenters. The highest BCUT2D eigenvalue weighted by atomic mass is 32.1. The number of carboxylic acids is 1. The van der Waals surface area contributed by atoms with Crippen LogP contribution in [0.2, 0.25) is 0 Å². The van der Waals surface area contributed by atoms with E-state index in [1.54, 1.807) is 6.20 Å². The van der Waals surface area contributed by atoms with E-state index >= 15 is 0 Å². The van der Waals surface area contributed by atoms with Crippen LogP contribution >= 0.6 is 11.3 Å². The number of aromatic carboxylic acids is 1. The van der Waals surface area contributed by atoms with Gasteiger partial charge in [-0.05, 0) is 11.5 Å². The average molecular weight is 300 g/mol. The number of thiazole rings is 1. The molecule has 0 spiro atoms. The van der Waals surface area contributed by atoms with Crippen LogP contribution in [-0.4, -0.2) is 28.2 Å². The number of ether oxygens (including phenoxy) is 1. The third-order valence-corrected chi connectivity index (χ3v) is 4.14. The summed E-state index contributed by atoms with van der Waals surface area (Å²) in [7, 11) is 1.51. The first-order valence-electron chi connectivity index (χ1n) is 6.26. The fourth-order valence-corrected chi connectivity index (χ4v) is 3.06. The number of pyridine rings is 1. The van der Waals surface area contributed by atoms with Crippen LogP contribution in [0.15, 0.2) is 36.5 Å². The number of nitrogens with zero attached hydrogens (tertiary/aromatic N) is 2. The van der Waals surface area contributed by atoms with E-state index in [0.717, 1.165) is 22.1 Å². The maximum atomic E-state index is 11.3. The fraction of sp³-hybridized carbons (Fsp3) is 0.133. The SMILES string of the molecule is COCc1nc(-c2nccc3ccccc23)sc1C(=O)O. The van der Waals surface area contributed by atoms with Crippen LogP contribution in [0.25, 0.3) is 21.5 Å². The Morgan fingerprint density at radius 2 is 2.14 bits per heavy atom. The lowest BCUT2D eigenvalue weighted by Gasteiger charge is -2.01. The summed E-state index contributed by atoms with van der Waals surface area (Å²) >= 11 is 1.12. The Balaban J connectivity index is 2.19. The molecule has 3 rings (SSSR count). The molecule has 0 fully saturated rings. The number of carbonyl (C=O) groups is 1. The van der Waals surface area contributed by atoms with Gasteiger partial charge in [-0.3, -0.25) is 4.98 Å². The van der Waals surface area contributed by atoms with Crippen molar-refractivity contribution in [2.75, 3.05) is 7.11 Å². The molecular weight excluding hydrogens is 288 g/mol. The lowest BCUT2D eigenvalue weighted by Crippen LogP contribution is -1.99. The molecule has 0 radical (unpaired) electrons. The number of benzene rings is 1. The molecule has 1 N–H and O–H groups in total. The first-order chi connectivity index (χ1) is 10.2. The Labute approximate surface area is 124 Å². The molecule has 0 saturated heterocycles. The van der Waals surface area contributed by atoms with Gasteiger partial charge < -0.3 is 9.84 Å². The normalized spacial score (nSPS) is 10.9. The maximum absolute atomic E-state index is 11.3. The minimum absolute atomic E-state index is 0.170. The molecule has 0 saturated carbocycles. The molecule has 0 unspecified atom stereocenters. The van der Waals surface area contributed by atoms with Crippen LogP contribution in [-0.2, 0) is 11.3 Å². The van der Waals surface area contributed by atoms with E-state index in [0.29, 0.717) is 16.4 Å². The van der Waals surface area contributed by atoms with Crippen molar-refractivity contribution < 1.29 is 14.6 Å². The second-order valence-corrected chi connectivity index (χ2v) is 5.41. The second kappa shape index (κ2) is 5.59.